The highest BCUT2D eigenvalue weighted by Gasteiger charge is 2.10. The Kier molecular flexibility index (Phi) is 3.58. The number of nitro groups is 1. The minimum absolute atomic E-state index is 0.106. The predicted octanol–water partition coefficient (Wildman–Crippen LogP) is 2.38. The highest BCUT2D eigenvalue weighted by Crippen LogP contribution is 2.28. The second-order valence-corrected chi connectivity index (χ2v) is 3.85. The van der Waals surface area contributed by atoms with Gasteiger partial charge in [-0.05, 0) is 19.1 Å². The Hall–Kier alpha value is -2.67. The summed E-state index contributed by atoms with van der Waals surface area (Å²) >= 11 is 0. The Bertz CT molecular complexity index is 598. The topological polar surface area (TPSA) is 103 Å². The van der Waals surface area contributed by atoms with Crippen LogP contribution in [0.1, 0.15) is 5.69 Å². The van der Waals surface area contributed by atoms with E-state index in [0.717, 1.165) is 5.69 Å². The molecule has 1 aromatic heterocycles. The number of nitro benzene ring substituents is 1. The number of non-ortho nitro benzene ring substituents is 1. The fourth-order valence-corrected chi connectivity index (χ4v) is 1.48. The molecule has 0 aliphatic rings. The minimum atomic E-state index is -0.513. The van der Waals surface area contributed by atoms with Crippen LogP contribution in [0.5, 0.6) is 11.5 Å². The van der Waals surface area contributed by atoms with Crippen LogP contribution < -0.4 is 16.0 Å². The van der Waals surface area contributed by atoms with Crippen molar-refractivity contribution in [1.29, 1.82) is 0 Å². The molecular formula is C12H12N4O3. The first-order valence-electron chi connectivity index (χ1n) is 5.45. The van der Waals surface area contributed by atoms with Gasteiger partial charge >= 0.3 is 0 Å². The molecule has 3 N–H and O–H groups in total. The summed E-state index contributed by atoms with van der Waals surface area (Å²) in [4.78, 5) is 14.4. The molecule has 7 heteroatoms. The Labute approximate surface area is 109 Å². The molecule has 0 atom stereocenters. The molecule has 0 amide bonds. The number of rotatable bonds is 4. The van der Waals surface area contributed by atoms with Gasteiger partial charge in [-0.2, -0.15) is 0 Å². The van der Waals surface area contributed by atoms with Crippen LogP contribution in [0.2, 0.25) is 0 Å². The summed E-state index contributed by atoms with van der Waals surface area (Å²) in [6, 6.07) is 7.72. The molecule has 0 aliphatic carbocycles. The molecule has 0 saturated carbocycles. The van der Waals surface area contributed by atoms with Crippen LogP contribution in [-0.4, -0.2) is 9.91 Å². The van der Waals surface area contributed by atoms with Crippen molar-refractivity contribution < 1.29 is 9.66 Å². The molecule has 19 heavy (non-hydrogen) atoms. The van der Waals surface area contributed by atoms with Gasteiger partial charge in [0.25, 0.3) is 5.69 Å². The molecule has 0 radical (unpaired) electrons. The van der Waals surface area contributed by atoms with Crippen LogP contribution in [0.15, 0.2) is 36.5 Å². The van der Waals surface area contributed by atoms with Crippen LogP contribution in [-0.2, 0) is 0 Å². The zero-order valence-electron chi connectivity index (χ0n) is 10.2. The van der Waals surface area contributed by atoms with E-state index in [1.54, 1.807) is 24.4 Å². The Morgan fingerprint density at radius 2 is 2.11 bits per heavy atom. The number of nitrogen functional groups attached to an aromatic ring is 1. The van der Waals surface area contributed by atoms with Gasteiger partial charge in [-0.1, -0.05) is 0 Å². The van der Waals surface area contributed by atoms with Gasteiger partial charge in [0.05, 0.1) is 22.9 Å². The van der Waals surface area contributed by atoms with E-state index in [2.05, 4.69) is 10.4 Å². The van der Waals surface area contributed by atoms with Crippen LogP contribution in [0.3, 0.4) is 0 Å². The summed E-state index contributed by atoms with van der Waals surface area (Å²) in [6.45, 7) is 1.85. The second kappa shape index (κ2) is 5.32. The van der Waals surface area contributed by atoms with E-state index in [0.29, 0.717) is 17.2 Å². The number of nitrogens with one attached hydrogen (secondary N) is 1. The molecule has 0 bridgehead atoms. The lowest BCUT2D eigenvalue weighted by Gasteiger charge is -2.07. The third-order valence-electron chi connectivity index (χ3n) is 2.39. The van der Waals surface area contributed by atoms with Gasteiger partial charge in [-0.3, -0.25) is 20.9 Å². The van der Waals surface area contributed by atoms with E-state index in [1.807, 2.05) is 6.92 Å². The molecule has 2 rings (SSSR count). The quantitative estimate of drug-likeness (QED) is 0.497. The maximum Gasteiger partial charge on any atom is 0.275 e. The van der Waals surface area contributed by atoms with Gasteiger partial charge in [0, 0.05) is 17.8 Å². The SMILES string of the molecule is Cc1ccc(Oc2cc(NN)cc([N+](=O)[O-])c2)cn1. The van der Waals surface area contributed by atoms with Gasteiger partial charge in [0.15, 0.2) is 0 Å². The number of anilines is 1. The number of pyridine rings is 1. The molecule has 0 unspecified atom stereocenters. The number of hydrazine groups is 1. The Balaban J connectivity index is 2.31. The second-order valence-electron chi connectivity index (χ2n) is 3.85. The first kappa shape index (κ1) is 12.8. The summed E-state index contributed by atoms with van der Waals surface area (Å²) in [6.07, 6.45) is 1.55. The van der Waals surface area contributed by atoms with Crippen molar-refractivity contribution in [2.75, 3.05) is 5.43 Å². The first-order chi connectivity index (χ1) is 9.08. The van der Waals surface area contributed by atoms with Gasteiger partial charge in [0.2, 0.25) is 0 Å². The van der Waals surface area contributed by atoms with Crippen LogP contribution >= 0.6 is 0 Å². The van der Waals surface area contributed by atoms with Gasteiger partial charge in [-0.15, -0.1) is 0 Å². The number of benzene rings is 1. The largest absolute Gasteiger partial charge is 0.455 e. The molecule has 2 aromatic rings. The molecule has 0 aliphatic heterocycles. The third-order valence-corrected chi connectivity index (χ3v) is 2.39. The number of aromatic nitrogens is 1. The molecule has 98 valence electrons. The smallest absolute Gasteiger partial charge is 0.275 e. The highest BCUT2D eigenvalue weighted by molar-refractivity contribution is 5.56. The fourth-order valence-electron chi connectivity index (χ4n) is 1.48. The van der Waals surface area contributed by atoms with E-state index in [1.165, 1.54) is 12.1 Å². The normalized spacial score (nSPS) is 10.0. The van der Waals surface area contributed by atoms with Crippen LogP contribution in [0, 0.1) is 17.0 Å². The Morgan fingerprint density at radius 1 is 1.32 bits per heavy atom. The van der Waals surface area contributed by atoms with E-state index in [-0.39, 0.29) is 5.69 Å². The fraction of sp³-hybridized carbons (Fsp3) is 0.0833. The molecule has 0 saturated heterocycles. The summed E-state index contributed by atoms with van der Waals surface area (Å²) in [5.74, 6) is 6.07. The predicted molar refractivity (Wildman–Crippen MR) is 70.0 cm³/mol. The van der Waals surface area contributed by atoms with Crippen LogP contribution in [0.25, 0.3) is 0 Å². The zero-order valence-corrected chi connectivity index (χ0v) is 10.2. The van der Waals surface area contributed by atoms with E-state index >= 15 is 0 Å². The monoisotopic (exact) mass is 260 g/mol. The molecule has 7 nitrogen and oxygen atoms in total. The lowest BCUT2D eigenvalue weighted by Crippen LogP contribution is -2.07. The number of ether oxygens (including phenoxy) is 1. The summed E-state index contributed by atoms with van der Waals surface area (Å²) < 4.78 is 5.50. The summed E-state index contributed by atoms with van der Waals surface area (Å²) in [7, 11) is 0. The van der Waals surface area contributed by atoms with Crippen LogP contribution in [0.4, 0.5) is 11.4 Å². The zero-order chi connectivity index (χ0) is 13.8. The molecule has 1 heterocycles. The maximum absolute atomic E-state index is 10.8. The minimum Gasteiger partial charge on any atom is -0.455 e. The van der Waals surface area contributed by atoms with Crippen molar-refractivity contribution in [3.8, 4) is 11.5 Å². The molecule has 0 fully saturated rings. The lowest BCUT2D eigenvalue weighted by molar-refractivity contribution is -0.384. The first-order valence-corrected chi connectivity index (χ1v) is 5.45. The number of nitrogens with two attached hydrogens (primary N) is 1. The number of hydrogen-bond donors (Lipinski definition) is 2. The summed E-state index contributed by atoms with van der Waals surface area (Å²) in [5.41, 5.74) is 3.50. The van der Waals surface area contributed by atoms with E-state index in [9.17, 15) is 10.1 Å². The number of hydrogen-bond acceptors (Lipinski definition) is 6. The lowest BCUT2D eigenvalue weighted by atomic mass is 10.2. The van der Waals surface area contributed by atoms with Crippen molar-refractivity contribution in [1.82, 2.24) is 4.98 Å². The van der Waals surface area contributed by atoms with Gasteiger partial charge in [-0.25, -0.2) is 0 Å². The van der Waals surface area contributed by atoms with E-state index < -0.39 is 4.92 Å². The standard InChI is InChI=1S/C12H12N4O3/c1-8-2-3-11(7-14-8)19-12-5-9(15-13)4-10(6-12)16(17)18/h2-7,15H,13H2,1H3. The van der Waals surface area contributed by atoms with E-state index in [4.69, 9.17) is 10.6 Å². The van der Waals surface area contributed by atoms with Crippen molar-refractivity contribution >= 4 is 11.4 Å². The van der Waals surface area contributed by atoms with Crippen molar-refractivity contribution in [3.63, 3.8) is 0 Å². The average Bonchev–Trinajstić information content (AvgIpc) is 2.41. The third kappa shape index (κ3) is 3.17. The number of aryl methyl sites for hydroxylation is 1. The highest BCUT2D eigenvalue weighted by atomic mass is 16.6. The average molecular weight is 260 g/mol. The van der Waals surface area contributed by atoms with Gasteiger partial charge < -0.3 is 10.2 Å². The van der Waals surface area contributed by atoms with Crippen molar-refractivity contribution in [2.45, 2.75) is 6.92 Å². The molecular weight excluding hydrogens is 248 g/mol. The maximum atomic E-state index is 10.8. The van der Waals surface area contributed by atoms with Crippen molar-refractivity contribution in [2.24, 2.45) is 5.84 Å². The Morgan fingerprint density at radius 3 is 2.68 bits per heavy atom. The molecule has 1 aromatic carbocycles. The van der Waals surface area contributed by atoms with Crippen molar-refractivity contribution in [3.05, 3.63) is 52.3 Å². The number of nitrogens with zero attached hydrogens (tertiary/aromatic N) is 2. The van der Waals surface area contributed by atoms with Gasteiger partial charge in [0.1, 0.15) is 11.5 Å². The molecule has 0 spiro atoms. The summed E-state index contributed by atoms with van der Waals surface area (Å²) in [5, 5.41) is 10.8.